The molecule has 0 aromatic carbocycles. The van der Waals surface area contributed by atoms with Gasteiger partial charge in [0, 0.05) is 13.1 Å². The van der Waals surface area contributed by atoms with Gasteiger partial charge in [-0.1, -0.05) is 11.3 Å². The molecule has 66 valence electrons. The van der Waals surface area contributed by atoms with E-state index in [0.29, 0.717) is 0 Å². The van der Waals surface area contributed by atoms with E-state index < -0.39 is 0 Å². The van der Waals surface area contributed by atoms with Crippen LogP contribution in [0, 0.1) is 6.92 Å². The number of nitrogens with zero attached hydrogens (tertiary/aromatic N) is 2. The third kappa shape index (κ3) is 1.21. The molecule has 3 nitrogen and oxygen atoms in total. The molecule has 1 saturated heterocycles. The molecular weight excluding hydrogens is 172 g/mol. The van der Waals surface area contributed by atoms with Crippen LogP contribution < -0.4 is 4.90 Å². The quantitative estimate of drug-likeness (QED) is 0.749. The van der Waals surface area contributed by atoms with E-state index in [2.05, 4.69) is 9.88 Å². The Kier molecular flexibility index (Phi) is 2.02. The van der Waals surface area contributed by atoms with Gasteiger partial charge in [-0.2, -0.15) is 0 Å². The van der Waals surface area contributed by atoms with Gasteiger partial charge in [-0.3, -0.25) is 0 Å². The molecule has 0 unspecified atom stereocenters. The maximum Gasteiger partial charge on any atom is 0.185 e. The predicted molar refractivity (Wildman–Crippen MR) is 49.6 cm³/mol. The minimum absolute atomic E-state index is 0.122. The van der Waals surface area contributed by atoms with E-state index in [1.807, 2.05) is 6.92 Å². The first-order valence-electron chi connectivity index (χ1n) is 4.13. The Morgan fingerprint density at radius 2 is 2.33 bits per heavy atom. The summed E-state index contributed by atoms with van der Waals surface area (Å²) in [5.41, 5.74) is 0.976. The smallest absolute Gasteiger partial charge is 0.185 e. The van der Waals surface area contributed by atoms with E-state index in [9.17, 15) is 0 Å². The van der Waals surface area contributed by atoms with Crippen molar-refractivity contribution in [1.82, 2.24) is 4.98 Å². The van der Waals surface area contributed by atoms with Gasteiger partial charge in [-0.25, -0.2) is 4.98 Å². The van der Waals surface area contributed by atoms with Crippen LogP contribution in [0.3, 0.4) is 0 Å². The van der Waals surface area contributed by atoms with Crippen LogP contribution in [0.1, 0.15) is 17.0 Å². The zero-order valence-electron chi connectivity index (χ0n) is 7.08. The van der Waals surface area contributed by atoms with Crippen molar-refractivity contribution in [3.05, 3.63) is 10.6 Å². The Balaban J connectivity index is 2.21. The van der Waals surface area contributed by atoms with Gasteiger partial charge in [0.15, 0.2) is 5.13 Å². The number of anilines is 1. The highest BCUT2D eigenvalue weighted by molar-refractivity contribution is 7.15. The van der Waals surface area contributed by atoms with Crippen LogP contribution in [0.25, 0.3) is 0 Å². The lowest BCUT2D eigenvalue weighted by molar-refractivity contribution is 0.284. The Hall–Kier alpha value is -0.610. The first-order valence-corrected chi connectivity index (χ1v) is 4.95. The van der Waals surface area contributed by atoms with Gasteiger partial charge in [0.25, 0.3) is 0 Å². The molecule has 1 aromatic heterocycles. The van der Waals surface area contributed by atoms with E-state index in [1.54, 1.807) is 11.3 Å². The first kappa shape index (κ1) is 8.01. The molecule has 12 heavy (non-hydrogen) atoms. The van der Waals surface area contributed by atoms with Crippen LogP contribution in [0.2, 0.25) is 0 Å². The highest BCUT2D eigenvalue weighted by Crippen LogP contribution is 2.28. The maximum absolute atomic E-state index is 8.96. The van der Waals surface area contributed by atoms with E-state index in [4.69, 9.17) is 5.11 Å². The SMILES string of the molecule is Cc1nc(N2CCC2)sc1CO. The monoisotopic (exact) mass is 184 g/mol. The van der Waals surface area contributed by atoms with Crippen LogP contribution in [0.5, 0.6) is 0 Å². The van der Waals surface area contributed by atoms with Gasteiger partial charge in [0.2, 0.25) is 0 Å². The Morgan fingerprint density at radius 3 is 2.75 bits per heavy atom. The zero-order chi connectivity index (χ0) is 8.55. The van der Waals surface area contributed by atoms with Crippen molar-refractivity contribution in [2.75, 3.05) is 18.0 Å². The second-order valence-electron chi connectivity index (χ2n) is 3.00. The van der Waals surface area contributed by atoms with Crippen molar-refractivity contribution in [1.29, 1.82) is 0 Å². The van der Waals surface area contributed by atoms with Crippen molar-refractivity contribution in [3.8, 4) is 0 Å². The summed E-state index contributed by atoms with van der Waals surface area (Å²) in [6, 6.07) is 0. The first-order chi connectivity index (χ1) is 5.81. The lowest BCUT2D eigenvalue weighted by atomic mass is 10.2. The molecule has 1 aliphatic heterocycles. The van der Waals surface area contributed by atoms with Crippen LogP contribution >= 0.6 is 11.3 Å². The molecule has 0 radical (unpaired) electrons. The van der Waals surface area contributed by atoms with Gasteiger partial charge in [-0.05, 0) is 13.3 Å². The molecule has 0 atom stereocenters. The molecule has 4 heteroatoms. The fourth-order valence-electron chi connectivity index (χ4n) is 1.20. The van der Waals surface area contributed by atoms with E-state index in [-0.39, 0.29) is 6.61 Å². The van der Waals surface area contributed by atoms with Gasteiger partial charge in [0.05, 0.1) is 17.2 Å². The number of aliphatic hydroxyl groups excluding tert-OH is 1. The van der Waals surface area contributed by atoms with Gasteiger partial charge in [0.1, 0.15) is 0 Å². The van der Waals surface area contributed by atoms with Gasteiger partial charge >= 0.3 is 0 Å². The van der Waals surface area contributed by atoms with Gasteiger partial charge < -0.3 is 10.0 Å². The van der Waals surface area contributed by atoms with Crippen LogP contribution in [-0.2, 0) is 6.61 Å². The molecule has 1 aromatic rings. The second kappa shape index (κ2) is 3.03. The highest BCUT2D eigenvalue weighted by Gasteiger charge is 2.18. The second-order valence-corrected chi connectivity index (χ2v) is 4.07. The average Bonchev–Trinajstić information content (AvgIpc) is 2.27. The summed E-state index contributed by atoms with van der Waals surface area (Å²) >= 11 is 1.61. The number of hydrogen-bond donors (Lipinski definition) is 1. The molecule has 1 aliphatic rings. The Bertz CT molecular complexity index is 281. The maximum atomic E-state index is 8.96. The van der Waals surface area contributed by atoms with Crippen LogP contribution in [0.4, 0.5) is 5.13 Å². The fraction of sp³-hybridized carbons (Fsp3) is 0.625. The molecule has 0 spiro atoms. The normalized spacial score (nSPS) is 16.3. The van der Waals surface area contributed by atoms with Crippen molar-refractivity contribution in [2.24, 2.45) is 0 Å². The summed E-state index contributed by atoms with van der Waals surface area (Å²) in [7, 11) is 0. The third-order valence-corrected chi connectivity index (χ3v) is 3.35. The van der Waals surface area contributed by atoms with Crippen molar-refractivity contribution in [2.45, 2.75) is 20.0 Å². The summed E-state index contributed by atoms with van der Waals surface area (Å²) in [6.07, 6.45) is 1.27. The molecule has 1 N–H and O–H groups in total. The predicted octanol–water partition coefficient (Wildman–Crippen LogP) is 1.15. The summed E-state index contributed by atoms with van der Waals surface area (Å²) in [6.45, 7) is 4.32. The fourth-order valence-corrected chi connectivity index (χ4v) is 2.17. The molecule has 0 amide bonds. The van der Waals surface area contributed by atoms with Crippen molar-refractivity contribution < 1.29 is 5.11 Å². The molecule has 0 aliphatic carbocycles. The lowest BCUT2D eigenvalue weighted by Crippen LogP contribution is -2.36. The summed E-state index contributed by atoms with van der Waals surface area (Å²) in [4.78, 5) is 7.63. The summed E-state index contributed by atoms with van der Waals surface area (Å²) < 4.78 is 0. The highest BCUT2D eigenvalue weighted by atomic mass is 32.1. The van der Waals surface area contributed by atoms with E-state index >= 15 is 0 Å². The Morgan fingerprint density at radius 1 is 1.58 bits per heavy atom. The molecule has 1 fully saturated rings. The minimum atomic E-state index is 0.122. The largest absolute Gasteiger partial charge is 0.391 e. The van der Waals surface area contributed by atoms with E-state index in [1.165, 1.54) is 6.42 Å². The molecular formula is C8H12N2OS. The molecule has 2 heterocycles. The number of aryl methyl sites for hydroxylation is 1. The van der Waals surface area contributed by atoms with Crippen molar-refractivity contribution >= 4 is 16.5 Å². The number of aromatic nitrogens is 1. The van der Waals surface area contributed by atoms with E-state index in [0.717, 1.165) is 28.8 Å². The zero-order valence-corrected chi connectivity index (χ0v) is 7.89. The number of hydrogen-bond acceptors (Lipinski definition) is 4. The molecule has 0 bridgehead atoms. The van der Waals surface area contributed by atoms with Crippen LogP contribution in [0.15, 0.2) is 0 Å². The number of rotatable bonds is 2. The minimum Gasteiger partial charge on any atom is -0.391 e. The molecule has 0 saturated carbocycles. The summed E-state index contributed by atoms with van der Waals surface area (Å²) in [5, 5.41) is 10.0. The lowest BCUT2D eigenvalue weighted by Gasteiger charge is -2.30. The number of thiazole rings is 1. The van der Waals surface area contributed by atoms with Gasteiger partial charge in [-0.15, -0.1) is 0 Å². The Labute approximate surface area is 75.7 Å². The standard InChI is InChI=1S/C8H12N2OS/c1-6-7(5-11)12-8(9-6)10-3-2-4-10/h11H,2-5H2,1H3. The summed E-state index contributed by atoms with van der Waals surface area (Å²) in [5.74, 6) is 0. The third-order valence-electron chi connectivity index (χ3n) is 2.15. The van der Waals surface area contributed by atoms with Crippen molar-refractivity contribution in [3.63, 3.8) is 0 Å². The van der Waals surface area contributed by atoms with Crippen LogP contribution in [-0.4, -0.2) is 23.2 Å². The number of aliphatic hydroxyl groups is 1. The topological polar surface area (TPSA) is 36.4 Å². The average molecular weight is 184 g/mol. The molecule has 2 rings (SSSR count).